The lowest BCUT2D eigenvalue weighted by Crippen LogP contribution is -2.44. The van der Waals surface area contributed by atoms with Crippen LogP contribution < -0.4 is 5.73 Å². The fourth-order valence-electron chi connectivity index (χ4n) is 2.47. The molecule has 0 aliphatic rings. The molecule has 1 unspecified atom stereocenters. The van der Waals surface area contributed by atoms with Crippen LogP contribution in [0, 0.1) is 6.92 Å². The number of hydrogen-bond acceptors (Lipinski definition) is 4. The number of methoxy groups -OCH3 is 2. The van der Waals surface area contributed by atoms with Gasteiger partial charge in [0.25, 0.3) is 0 Å². The van der Waals surface area contributed by atoms with Crippen LogP contribution in [-0.2, 0) is 19.7 Å². The molecule has 0 amide bonds. The minimum absolute atomic E-state index is 0.230. The Morgan fingerprint density at radius 2 is 2.00 bits per heavy atom. The van der Waals surface area contributed by atoms with Crippen LogP contribution in [0.5, 0.6) is 0 Å². The molecule has 106 valence electrons. The van der Waals surface area contributed by atoms with Crippen molar-refractivity contribution in [3.8, 4) is 0 Å². The van der Waals surface area contributed by atoms with Gasteiger partial charge in [-0.3, -0.25) is 4.79 Å². The Morgan fingerprint density at radius 1 is 1.32 bits per heavy atom. The molecule has 0 bridgehead atoms. The Balaban J connectivity index is 3.16. The van der Waals surface area contributed by atoms with Crippen molar-refractivity contribution in [2.45, 2.75) is 25.2 Å². The first-order valence-electron chi connectivity index (χ1n) is 6.46. The summed E-state index contributed by atoms with van der Waals surface area (Å²) in [6.07, 6.45) is 1.38. The zero-order valence-electron chi connectivity index (χ0n) is 11.9. The van der Waals surface area contributed by atoms with Gasteiger partial charge >= 0.3 is 5.97 Å². The number of nitrogens with two attached hydrogens (primary N) is 1. The predicted octanol–water partition coefficient (Wildman–Crippen LogP) is 1.79. The second kappa shape index (κ2) is 7.26. The topological polar surface area (TPSA) is 61.5 Å². The van der Waals surface area contributed by atoms with E-state index < -0.39 is 5.41 Å². The van der Waals surface area contributed by atoms with Gasteiger partial charge in [0.15, 0.2) is 0 Å². The summed E-state index contributed by atoms with van der Waals surface area (Å²) in [6.45, 7) is 2.82. The van der Waals surface area contributed by atoms with E-state index in [9.17, 15) is 4.79 Å². The number of carbonyl (C=O) groups is 1. The van der Waals surface area contributed by atoms with E-state index in [0.29, 0.717) is 13.0 Å². The molecule has 0 aliphatic carbocycles. The fourth-order valence-corrected chi connectivity index (χ4v) is 2.47. The van der Waals surface area contributed by atoms with Gasteiger partial charge in [-0.05, 0) is 30.9 Å². The maximum atomic E-state index is 12.3. The average molecular weight is 265 g/mol. The van der Waals surface area contributed by atoms with Crippen molar-refractivity contribution < 1.29 is 14.3 Å². The third kappa shape index (κ3) is 3.33. The van der Waals surface area contributed by atoms with E-state index >= 15 is 0 Å². The van der Waals surface area contributed by atoms with Crippen molar-refractivity contribution in [1.82, 2.24) is 0 Å². The minimum atomic E-state index is -0.779. The van der Waals surface area contributed by atoms with E-state index in [1.54, 1.807) is 7.11 Å². The van der Waals surface area contributed by atoms with E-state index in [2.05, 4.69) is 0 Å². The third-order valence-electron chi connectivity index (χ3n) is 3.54. The van der Waals surface area contributed by atoms with Crippen LogP contribution >= 0.6 is 0 Å². The molecule has 0 fully saturated rings. The van der Waals surface area contributed by atoms with Crippen molar-refractivity contribution in [3.05, 3.63) is 35.4 Å². The van der Waals surface area contributed by atoms with Crippen LogP contribution in [0.25, 0.3) is 0 Å². The smallest absolute Gasteiger partial charge is 0.317 e. The Kier molecular flexibility index (Phi) is 5.99. The molecule has 0 saturated heterocycles. The molecule has 4 heteroatoms. The van der Waals surface area contributed by atoms with E-state index in [-0.39, 0.29) is 12.5 Å². The largest absolute Gasteiger partial charge is 0.468 e. The normalized spacial score (nSPS) is 13.9. The molecule has 1 atom stereocenters. The van der Waals surface area contributed by atoms with Crippen LogP contribution in [0.3, 0.4) is 0 Å². The van der Waals surface area contributed by atoms with Gasteiger partial charge in [0.1, 0.15) is 5.41 Å². The number of ether oxygens (including phenoxy) is 2. The molecule has 0 radical (unpaired) electrons. The lowest BCUT2D eigenvalue weighted by molar-refractivity contribution is -0.147. The summed E-state index contributed by atoms with van der Waals surface area (Å²) in [7, 11) is 3.05. The summed E-state index contributed by atoms with van der Waals surface area (Å²) in [4.78, 5) is 12.3. The lowest BCUT2D eigenvalue weighted by Gasteiger charge is -2.31. The molecular formula is C15H23NO3. The first-order chi connectivity index (χ1) is 9.12. The molecule has 0 heterocycles. The number of hydrogen-bond donors (Lipinski definition) is 1. The summed E-state index contributed by atoms with van der Waals surface area (Å²) in [5.74, 6) is -0.277. The minimum Gasteiger partial charge on any atom is -0.468 e. The first-order valence-corrected chi connectivity index (χ1v) is 6.46. The van der Waals surface area contributed by atoms with Gasteiger partial charge in [0.2, 0.25) is 0 Å². The Bertz CT molecular complexity index is 420. The molecule has 0 saturated carbocycles. The maximum absolute atomic E-state index is 12.3. The second-order valence-corrected chi connectivity index (χ2v) is 4.69. The van der Waals surface area contributed by atoms with Gasteiger partial charge < -0.3 is 15.2 Å². The van der Waals surface area contributed by atoms with Crippen molar-refractivity contribution in [3.63, 3.8) is 0 Å². The van der Waals surface area contributed by atoms with Crippen molar-refractivity contribution >= 4 is 5.97 Å². The molecule has 4 nitrogen and oxygen atoms in total. The molecule has 1 aromatic rings. The van der Waals surface area contributed by atoms with Crippen molar-refractivity contribution in [2.24, 2.45) is 5.73 Å². The van der Waals surface area contributed by atoms with Crippen LogP contribution in [0.4, 0.5) is 0 Å². The van der Waals surface area contributed by atoms with Gasteiger partial charge in [-0.1, -0.05) is 24.3 Å². The molecule has 19 heavy (non-hydrogen) atoms. The highest BCUT2D eigenvalue weighted by atomic mass is 16.5. The number of benzene rings is 1. The van der Waals surface area contributed by atoms with Crippen LogP contribution in [-0.4, -0.2) is 33.3 Å². The Morgan fingerprint density at radius 3 is 2.53 bits per heavy atom. The zero-order valence-corrected chi connectivity index (χ0v) is 11.9. The number of rotatable bonds is 7. The van der Waals surface area contributed by atoms with Crippen LogP contribution in [0.2, 0.25) is 0 Å². The molecule has 1 rings (SSSR count). The van der Waals surface area contributed by atoms with E-state index in [1.807, 2.05) is 31.2 Å². The Labute approximate surface area is 114 Å². The average Bonchev–Trinajstić information content (AvgIpc) is 2.44. The van der Waals surface area contributed by atoms with Crippen LogP contribution in [0.15, 0.2) is 24.3 Å². The maximum Gasteiger partial charge on any atom is 0.317 e. The van der Waals surface area contributed by atoms with Gasteiger partial charge in [-0.2, -0.15) is 0 Å². The molecule has 0 aromatic heterocycles. The SMILES string of the molecule is COCCCC(CN)(C(=O)OC)c1ccccc1C. The summed E-state index contributed by atoms with van der Waals surface area (Å²) in [6, 6.07) is 7.81. The van der Waals surface area contributed by atoms with Gasteiger partial charge in [-0.15, -0.1) is 0 Å². The van der Waals surface area contributed by atoms with Gasteiger partial charge in [0.05, 0.1) is 7.11 Å². The summed E-state index contributed by atoms with van der Waals surface area (Å²) in [5, 5.41) is 0. The molecule has 0 spiro atoms. The Hall–Kier alpha value is -1.39. The van der Waals surface area contributed by atoms with Gasteiger partial charge in [0, 0.05) is 20.3 Å². The highest BCUT2D eigenvalue weighted by molar-refractivity contribution is 5.84. The molecule has 2 N–H and O–H groups in total. The fraction of sp³-hybridized carbons (Fsp3) is 0.533. The molecular weight excluding hydrogens is 242 g/mol. The standard InChI is InChI=1S/C15H23NO3/c1-12-7-4-5-8-13(12)15(11-16,14(17)19-3)9-6-10-18-2/h4-5,7-8H,6,9-11,16H2,1-3H3. The van der Waals surface area contributed by atoms with Crippen molar-refractivity contribution in [1.29, 1.82) is 0 Å². The van der Waals surface area contributed by atoms with Crippen LogP contribution in [0.1, 0.15) is 24.0 Å². The van der Waals surface area contributed by atoms with E-state index in [1.165, 1.54) is 7.11 Å². The van der Waals surface area contributed by atoms with E-state index in [0.717, 1.165) is 17.5 Å². The number of esters is 1. The van der Waals surface area contributed by atoms with Gasteiger partial charge in [-0.25, -0.2) is 0 Å². The highest BCUT2D eigenvalue weighted by Gasteiger charge is 2.40. The summed E-state index contributed by atoms with van der Waals surface area (Å²) < 4.78 is 10.1. The lowest BCUT2D eigenvalue weighted by atomic mass is 9.75. The monoisotopic (exact) mass is 265 g/mol. The molecule has 0 aliphatic heterocycles. The highest BCUT2D eigenvalue weighted by Crippen LogP contribution is 2.32. The summed E-state index contributed by atoms with van der Waals surface area (Å²) >= 11 is 0. The molecule has 1 aromatic carbocycles. The number of carbonyl (C=O) groups excluding carboxylic acids is 1. The zero-order chi connectivity index (χ0) is 14.3. The number of aryl methyl sites for hydroxylation is 1. The predicted molar refractivity (Wildman–Crippen MR) is 75.0 cm³/mol. The summed E-state index contributed by atoms with van der Waals surface area (Å²) in [5.41, 5.74) is 7.14. The second-order valence-electron chi connectivity index (χ2n) is 4.69. The quantitative estimate of drug-likeness (QED) is 0.603. The van der Waals surface area contributed by atoms with E-state index in [4.69, 9.17) is 15.2 Å². The first kappa shape index (κ1) is 15.7. The van der Waals surface area contributed by atoms with Crippen molar-refractivity contribution in [2.75, 3.05) is 27.4 Å². The third-order valence-corrected chi connectivity index (χ3v) is 3.54.